The quantitative estimate of drug-likeness (QED) is 0.808. The Morgan fingerprint density at radius 3 is 3.18 bits per heavy atom. The highest BCUT2D eigenvalue weighted by Gasteiger charge is 2.45. The van der Waals surface area contributed by atoms with Gasteiger partial charge in [-0.05, 0) is 42.4 Å². The molecule has 2 rings (SSSR count). The van der Waals surface area contributed by atoms with E-state index in [0.29, 0.717) is 6.42 Å². The van der Waals surface area contributed by atoms with Gasteiger partial charge in [-0.3, -0.25) is 4.79 Å². The summed E-state index contributed by atoms with van der Waals surface area (Å²) in [6.45, 7) is 0. The van der Waals surface area contributed by atoms with Crippen LogP contribution < -0.4 is 5.73 Å². The highest BCUT2D eigenvalue weighted by molar-refractivity contribution is 8.01. The fourth-order valence-corrected chi connectivity index (χ4v) is 4.35. The van der Waals surface area contributed by atoms with Crippen LogP contribution in [0.3, 0.4) is 0 Å². The molecule has 1 aromatic rings. The Kier molecular flexibility index (Phi) is 4.12. The van der Waals surface area contributed by atoms with Gasteiger partial charge in [-0.2, -0.15) is 0 Å². The van der Waals surface area contributed by atoms with Gasteiger partial charge in [-0.25, -0.2) is 0 Å². The first-order valence-corrected chi connectivity index (χ1v) is 7.68. The number of hydrogen-bond acceptors (Lipinski definition) is 4. The molecule has 1 aromatic heterocycles. The number of carboxylic acids is 1. The number of carboxylic acid groups (broad SMARTS) is 1. The zero-order chi connectivity index (χ0) is 12.3. The highest BCUT2D eigenvalue weighted by Crippen LogP contribution is 2.38. The van der Waals surface area contributed by atoms with Crippen LogP contribution in [0.25, 0.3) is 0 Å². The molecule has 0 saturated heterocycles. The summed E-state index contributed by atoms with van der Waals surface area (Å²) in [6.07, 6.45) is 3.41. The molecule has 2 atom stereocenters. The van der Waals surface area contributed by atoms with Gasteiger partial charge in [0.05, 0.1) is 4.21 Å². The van der Waals surface area contributed by atoms with Gasteiger partial charge in [0.15, 0.2) is 0 Å². The minimum atomic E-state index is -0.976. The largest absolute Gasteiger partial charge is 0.480 e. The molecule has 17 heavy (non-hydrogen) atoms. The van der Waals surface area contributed by atoms with Crippen LogP contribution in [0, 0.1) is 5.92 Å². The lowest BCUT2D eigenvalue weighted by molar-refractivity contribution is -0.144. The molecule has 2 unspecified atom stereocenters. The summed E-state index contributed by atoms with van der Waals surface area (Å²) in [5.41, 5.74) is 5.02. The lowest BCUT2D eigenvalue weighted by atomic mass is 9.86. The zero-order valence-electron chi connectivity index (χ0n) is 9.59. The summed E-state index contributed by atoms with van der Waals surface area (Å²) in [5.74, 6) is 0.255. The summed E-state index contributed by atoms with van der Waals surface area (Å²) in [6, 6.07) is 4.13. The van der Waals surface area contributed by atoms with E-state index >= 15 is 0 Å². The SMILES string of the molecule is NC1(C(=O)O)CCCC1CCSc1cccs1. The minimum absolute atomic E-state index is 0.132. The van der Waals surface area contributed by atoms with Crippen LogP contribution >= 0.6 is 23.1 Å². The molecule has 0 aliphatic heterocycles. The molecule has 0 amide bonds. The fourth-order valence-electron chi connectivity index (χ4n) is 2.43. The third-order valence-electron chi connectivity index (χ3n) is 3.48. The van der Waals surface area contributed by atoms with Crippen molar-refractivity contribution in [2.45, 2.75) is 35.4 Å². The topological polar surface area (TPSA) is 63.3 Å². The first-order valence-electron chi connectivity index (χ1n) is 5.81. The van der Waals surface area contributed by atoms with E-state index < -0.39 is 11.5 Å². The molecule has 5 heteroatoms. The normalized spacial score (nSPS) is 28.4. The van der Waals surface area contributed by atoms with Gasteiger partial charge in [-0.15, -0.1) is 23.1 Å². The molecule has 1 saturated carbocycles. The second-order valence-electron chi connectivity index (χ2n) is 4.50. The molecule has 0 spiro atoms. The van der Waals surface area contributed by atoms with Crippen molar-refractivity contribution in [1.29, 1.82) is 0 Å². The summed E-state index contributed by atoms with van der Waals surface area (Å²) in [7, 11) is 0. The molecule has 1 aliphatic carbocycles. The number of hydrogen-bond donors (Lipinski definition) is 2. The van der Waals surface area contributed by atoms with Crippen molar-refractivity contribution in [3.63, 3.8) is 0 Å². The first-order chi connectivity index (χ1) is 8.13. The van der Waals surface area contributed by atoms with Crippen LogP contribution in [0.5, 0.6) is 0 Å². The summed E-state index contributed by atoms with van der Waals surface area (Å²) < 4.78 is 1.29. The Bertz CT molecular complexity index is 380. The average Bonchev–Trinajstić information content (AvgIpc) is 2.90. The van der Waals surface area contributed by atoms with Crippen molar-refractivity contribution in [1.82, 2.24) is 0 Å². The standard InChI is InChI=1S/C12H17NO2S2/c13-12(11(14)15)6-1-3-9(12)5-8-17-10-4-2-7-16-10/h2,4,7,9H,1,3,5-6,8,13H2,(H,14,15). The third kappa shape index (κ3) is 2.84. The molecule has 0 bridgehead atoms. The van der Waals surface area contributed by atoms with E-state index in [1.54, 1.807) is 23.1 Å². The Hall–Kier alpha value is -0.520. The monoisotopic (exact) mass is 271 g/mol. The lowest BCUT2D eigenvalue weighted by Gasteiger charge is -2.26. The van der Waals surface area contributed by atoms with Crippen molar-refractivity contribution < 1.29 is 9.90 Å². The Morgan fingerprint density at radius 1 is 1.71 bits per heavy atom. The summed E-state index contributed by atoms with van der Waals surface area (Å²) in [5, 5.41) is 11.3. The molecule has 94 valence electrons. The number of rotatable bonds is 5. The van der Waals surface area contributed by atoms with Gasteiger partial charge < -0.3 is 10.8 Å². The number of thioether (sulfide) groups is 1. The molecule has 3 N–H and O–H groups in total. The Morgan fingerprint density at radius 2 is 2.53 bits per heavy atom. The lowest BCUT2D eigenvalue weighted by Crippen LogP contribution is -2.51. The first kappa shape index (κ1) is 12.9. The van der Waals surface area contributed by atoms with E-state index in [0.717, 1.165) is 25.0 Å². The van der Waals surface area contributed by atoms with Crippen LogP contribution in [-0.2, 0) is 4.79 Å². The maximum absolute atomic E-state index is 11.2. The predicted molar refractivity (Wildman–Crippen MR) is 71.6 cm³/mol. The van der Waals surface area contributed by atoms with E-state index in [2.05, 4.69) is 11.4 Å². The van der Waals surface area contributed by atoms with Gasteiger partial charge in [0.2, 0.25) is 0 Å². The van der Waals surface area contributed by atoms with E-state index in [9.17, 15) is 9.90 Å². The van der Waals surface area contributed by atoms with Gasteiger partial charge in [0.25, 0.3) is 0 Å². The highest BCUT2D eigenvalue weighted by atomic mass is 32.2. The van der Waals surface area contributed by atoms with Gasteiger partial charge in [0.1, 0.15) is 5.54 Å². The maximum atomic E-state index is 11.2. The van der Waals surface area contributed by atoms with E-state index in [1.165, 1.54) is 4.21 Å². The van der Waals surface area contributed by atoms with Crippen molar-refractivity contribution in [3.05, 3.63) is 17.5 Å². The second kappa shape index (κ2) is 5.42. The van der Waals surface area contributed by atoms with Crippen LogP contribution in [0.1, 0.15) is 25.7 Å². The van der Waals surface area contributed by atoms with Crippen LogP contribution in [0.2, 0.25) is 0 Å². The average molecular weight is 271 g/mol. The van der Waals surface area contributed by atoms with Crippen molar-refractivity contribution in [3.8, 4) is 0 Å². The van der Waals surface area contributed by atoms with Crippen molar-refractivity contribution in [2.75, 3.05) is 5.75 Å². The van der Waals surface area contributed by atoms with Gasteiger partial charge >= 0.3 is 5.97 Å². The number of carbonyl (C=O) groups is 1. The zero-order valence-corrected chi connectivity index (χ0v) is 11.2. The molecule has 1 fully saturated rings. The predicted octanol–water partition coefficient (Wildman–Crippen LogP) is 2.81. The minimum Gasteiger partial charge on any atom is -0.480 e. The molecular weight excluding hydrogens is 254 g/mol. The number of nitrogens with two attached hydrogens (primary N) is 1. The summed E-state index contributed by atoms with van der Waals surface area (Å²) in [4.78, 5) is 11.2. The maximum Gasteiger partial charge on any atom is 0.323 e. The van der Waals surface area contributed by atoms with Crippen molar-refractivity contribution in [2.24, 2.45) is 11.7 Å². The van der Waals surface area contributed by atoms with E-state index in [1.807, 2.05) is 6.07 Å². The Balaban J connectivity index is 1.84. The number of thiophene rings is 1. The second-order valence-corrected chi connectivity index (χ2v) is 6.85. The molecule has 1 aliphatic rings. The van der Waals surface area contributed by atoms with E-state index in [4.69, 9.17) is 5.73 Å². The van der Waals surface area contributed by atoms with Crippen LogP contribution in [0.4, 0.5) is 0 Å². The van der Waals surface area contributed by atoms with Gasteiger partial charge in [-0.1, -0.05) is 12.5 Å². The fraction of sp³-hybridized carbons (Fsp3) is 0.583. The van der Waals surface area contributed by atoms with Gasteiger partial charge in [0, 0.05) is 0 Å². The van der Waals surface area contributed by atoms with Crippen LogP contribution in [0.15, 0.2) is 21.7 Å². The summed E-state index contributed by atoms with van der Waals surface area (Å²) >= 11 is 3.52. The number of aliphatic carboxylic acids is 1. The Labute approximate surface area is 109 Å². The molecule has 0 aromatic carbocycles. The van der Waals surface area contributed by atoms with Crippen LogP contribution in [-0.4, -0.2) is 22.4 Å². The molecule has 1 heterocycles. The van der Waals surface area contributed by atoms with Crippen molar-refractivity contribution >= 4 is 29.1 Å². The molecular formula is C12H17NO2S2. The molecule has 0 radical (unpaired) electrons. The van der Waals surface area contributed by atoms with E-state index in [-0.39, 0.29) is 5.92 Å². The third-order valence-corrected chi connectivity index (χ3v) is 5.64. The molecule has 3 nitrogen and oxygen atoms in total. The smallest absolute Gasteiger partial charge is 0.323 e.